The van der Waals surface area contributed by atoms with Crippen molar-refractivity contribution < 1.29 is 14.3 Å². The summed E-state index contributed by atoms with van der Waals surface area (Å²) in [5.74, 6) is 0.367. The van der Waals surface area contributed by atoms with Gasteiger partial charge in [-0.2, -0.15) is 0 Å². The zero-order valence-corrected chi connectivity index (χ0v) is 29.4. The highest BCUT2D eigenvalue weighted by Gasteiger charge is 2.34. The molecule has 2 saturated heterocycles. The van der Waals surface area contributed by atoms with Crippen molar-refractivity contribution in [2.24, 2.45) is 16.7 Å². The third kappa shape index (κ3) is 12.1. The molecule has 3 atom stereocenters. The molecule has 1 unspecified atom stereocenters. The van der Waals surface area contributed by atoms with Crippen LogP contribution >= 0.6 is 11.6 Å². The van der Waals surface area contributed by atoms with Crippen LogP contribution in [0.2, 0.25) is 0 Å². The largest absolute Gasteiger partial charge is 0.375 e. The molecule has 4 rings (SSSR count). The van der Waals surface area contributed by atoms with Crippen molar-refractivity contribution in [2.45, 2.75) is 106 Å². The van der Waals surface area contributed by atoms with Gasteiger partial charge in [0, 0.05) is 53.6 Å². The summed E-state index contributed by atoms with van der Waals surface area (Å²) in [5.41, 5.74) is 1.75. The molecule has 7 nitrogen and oxygen atoms in total. The lowest BCUT2D eigenvalue weighted by Gasteiger charge is -2.35. The fraction of sp³-hybridized carbons (Fsp3) is 0.686. The zero-order chi connectivity index (χ0) is 32.6. The van der Waals surface area contributed by atoms with Crippen molar-refractivity contribution >= 4 is 22.8 Å². The summed E-state index contributed by atoms with van der Waals surface area (Å²) in [7, 11) is 4.36. The van der Waals surface area contributed by atoms with E-state index in [-0.39, 0.29) is 33.5 Å². The minimum Gasteiger partial charge on any atom is -0.375 e. The molecule has 0 saturated carbocycles. The maximum absolute atomic E-state index is 12.7. The molecule has 1 amide bonds. The van der Waals surface area contributed by atoms with E-state index in [0.717, 1.165) is 13.0 Å². The minimum absolute atomic E-state index is 0.132. The average molecular weight is 617 g/mol. The van der Waals surface area contributed by atoms with Gasteiger partial charge in [0.1, 0.15) is 0 Å². The predicted octanol–water partition coefficient (Wildman–Crippen LogP) is 7.44. The number of ether oxygens (including phenoxy) is 1. The van der Waals surface area contributed by atoms with Crippen molar-refractivity contribution in [1.82, 2.24) is 19.7 Å². The second-order valence-corrected chi connectivity index (χ2v) is 15.4. The van der Waals surface area contributed by atoms with E-state index in [2.05, 4.69) is 68.0 Å². The molecule has 0 radical (unpaired) electrons. The molecule has 2 fully saturated rings. The van der Waals surface area contributed by atoms with Crippen LogP contribution in [-0.4, -0.2) is 76.3 Å². The Bertz CT molecular complexity index is 1100. The Labute approximate surface area is 266 Å². The maximum atomic E-state index is 12.7. The van der Waals surface area contributed by atoms with E-state index in [4.69, 9.17) is 16.3 Å². The first kappa shape index (κ1) is 37.1. The monoisotopic (exact) mass is 616 g/mol. The number of hydrogen-bond acceptors (Lipinski definition) is 6. The number of carbonyl (C=O) groups is 2. The van der Waals surface area contributed by atoms with Crippen LogP contribution in [0.3, 0.4) is 0 Å². The van der Waals surface area contributed by atoms with Crippen LogP contribution in [0.4, 0.5) is 0 Å². The van der Waals surface area contributed by atoms with E-state index < -0.39 is 0 Å². The Morgan fingerprint density at radius 3 is 1.91 bits per heavy atom. The number of carbonyl (C=O) groups excluding carboxylic acids is 2. The molecule has 3 aliphatic heterocycles. The normalized spacial score (nSPS) is 23.2. The van der Waals surface area contributed by atoms with E-state index >= 15 is 0 Å². The molecule has 0 spiro atoms. The predicted molar refractivity (Wildman–Crippen MR) is 178 cm³/mol. The summed E-state index contributed by atoms with van der Waals surface area (Å²) in [6.45, 7) is 20.5. The Kier molecular flexibility index (Phi) is 13.6. The fourth-order valence-electron chi connectivity index (χ4n) is 5.18. The number of pyridine rings is 1. The quantitative estimate of drug-likeness (QED) is 0.328. The van der Waals surface area contributed by atoms with Gasteiger partial charge in [-0.3, -0.25) is 29.3 Å². The first-order chi connectivity index (χ1) is 19.8. The van der Waals surface area contributed by atoms with Crippen LogP contribution in [0.1, 0.15) is 99.6 Å². The number of aromatic nitrogens is 1. The molecule has 0 N–H and O–H groups in total. The average Bonchev–Trinajstić information content (AvgIpc) is 3.54. The Morgan fingerprint density at radius 1 is 0.930 bits per heavy atom. The van der Waals surface area contributed by atoms with Crippen molar-refractivity contribution in [1.29, 1.82) is 0 Å². The van der Waals surface area contributed by atoms with Gasteiger partial charge in [0.05, 0.1) is 12.2 Å². The first-order valence-electron chi connectivity index (χ1n) is 15.7. The van der Waals surface area contributed by atoms with Gasteiger partial charge < -0.3 is 4.74 Å². The third-order valence-electron chi connectivity index (χ3n) is 7.85. The van der Waals surface area contributed by atoms with Gasteiger partial charge in [0.2, 0.25) is 11.1 Å². The molecule has 1 aromatic heterocycles. The molecule has 8 heteroatoms. The molecule has 242 valence electrons. The standard InChI is InChI=1S/C20H34N2O2.C10H14N2.C5H9ClO/c1-19(2,3)18(23)22-12-10-15(14-24-20(4,5)6)16(13-22)17-9-8-11-21(17)7;1-12-7-3-5-10(12)9-4-2-6-11-8-9;1-5(2,3)4(6)7/h10,12-13,15,17H,8-9,11,14H2,1-7H3;2,4,6,8,10H,3,5,7H2,1H3;1-3H3/t15?,17-;10-;/m00./s1. The smallest absolute Gasteiger partial charge is 0.235 e. The van der Waals surface area contributed by atoms with Crippen molar-refractivity contribution in [3.63, 3.8) is 0 Å². The summed E-state index contributed by atoms with van der Waals surface area (Å²) in [4.78, 5) is 33.6. The van der Waals surface area contributed by atoms with Crippen molar-refractivity contribution in [2.75, 3.05) is 33.8 Å². The fourth-order valence-corrected chi connectivity index (χ4v) is 5.18. The van der Waals surface area contributed by atoms with Gasteiger partial charge in [-0.1, -0.05) is 53.7 Å². The number of hydrogen-bond donors (Lipinski definition) is 0. The zero-order valence-electron chi connectivity index (χ0n) is 28.6. The van der Waals surface area contributed by atoms with E-state index in [0.29, 0.717) is 18.7 Å². The number of nitrogens with zero attached hydrogens (tertiary/aromatic N) is 4. The van der Waals surface area contributed by atoms with Gasteiger partial charge in [-0.25, -0.2) is 0 Å². The Balaban J connectivity index is 0.000000279. The molecule has 3 aliphatic rings. The third-order valence-corrected chi connectivity index (χ3v) is 8.42. The summed E-state index contributed by atoms with van der Waals surface area (Å²) in [6.07, 6.45) is 14.9. The number of rotatable bonds is 4. The first-order valence-corrected chi connectivity index (χ1v) is 16.1. The maximum Gasteiger partial charge on any atom is 0.235 e. The van der Waals surface area contributed by atoms with Crippen LogP contribution in [0.15, 0.2) is 48.6 Å². The van der Waals surface area contributed by atoms with Gasteiger partial charge in [-0.05, 0) is 102 Å². The number of halogens is 1. The highest BCUT2D eigenvalue weighted by molar-refractivity contribution is 6.64. The van der Waals surface area contributed by atoms with E-state index in [9.17, 15) is 9.59 Å². The molecule has 0 aromatic carbocycles. The SMILES string of the molecule is CC(C)(C)C(=O)Cl.CN1CCC[C@H]1C1=CN(C(=O)C(C)(C)C)C=CC1COC(C)(C)C.CN1CCC[C@H]1c1cccnc1. The van der Waals surface area contributed by atoms with Gasteiger partial charge >= 0.3 is 0 Å². The molecular weight excluding hydrogens is 560 g/mol. The molecular formula is C35H57ClN4O3. The molecule has 0 bridgehead atoms. The number of likely N-dealkylation sites (tertiary alicyclic amines) is 2. The Hall–Kier alpha value is -2.06. The highest BCUT2D eigenvalue weighted by Crippen LogP contribution is 2.33. The molecule has 43 heavy (non-hydrogen) atoms. The van der Waals surface area contributed by atoms with Gasteiger partial charge in [-0.15, -0.1) is 0 Å². The molecule has 4 heterocycles. The van der Waals surface area contributed by atoms with E-state index in [1.54, 1.807) is 25.7 Å². The molecule has 0 aliphatic carbocycles. The van der Waals surface area contributed by atoms with E-state index in [1.807, 2.05) is 45.4 Å². The van der Waals surface area contributed by atoms with Crippen LogP contribution in [-0.2, 0) is 14.3 Å². The summed E-state index contributed by atoms with van der Waals surface area (Å²) >= 11 is 5.11. The van der Waals surface area contributed by atoms with Crippen LogP contribution in [0.25, 0.3) is 0 Å². The Morgan fingerprint density at radius 2 is 1.49 bits per heavy atom. The second kappa shape index (κ2) is 15.8. The van der Waals surface area contributed by atoms with Crippen LogP contribution in [0.5, 0.6) is 0 Å². The minimum atomic E-state index is -0.387. The topological polar surface area (TPSA) is 66.0 Å². The number of amides is 1. The summed E-state index contributed by atoms with van der Waals surface area (Å²) < 4.78 is 6.04. The van der Waals surface area contributed by atoms with Gasteiger partial charge in [0.15, 0.2) is 0 Å². The summed E-state index contributed by atoms with van der Waals surface area (Å²) in [5, 5.41) is -0.285. The van der Waals surface area contributed by atoms with E-state index in [1.165, 1.54) is 36.9 Å². The lowest BCUT2D eigenvalue weighted by molar-refractivity contribution is -0.134. The van der Waals surface area contributed by atoms with Gasteiger partial charge in [0.25, 0.3) is 0 Å². The molecule has 1 aromatic rings. The second-order valence-electron chi connectivity index (χ2n) is 15.1. The van der Waals surface area contributed by atoms with Crippen molar-refractivity contribution in [3.8, 4) is 0 Å². The number of likely N-dealkylation sites (N-methyl/N-ethyl adjacent to an activating group) is 1. The van der Waals surface area contributed by atoms with Crippen LogP contribution in [0, 0.1) is 16.7 Å². The van der Waals surface area contributed by atoms with Crippen molar-refractivity contribution in [3.05, 3.63) is 54.1 Å². The lowest BCUT2D eigenvalue weighted by Crippen LogP contribution is -2.39. The highest BCUT2D eigenvalue weighted by atomic mass is 35.5. The summed E-state index contributed by atoms with van der Waals surface area (Å²) in [6, 6.07) is 5.19. The lowest BCUT2D eigenvalue weighted by atomic mass is 9.89. The van der Waals surface area contributed by atoms with Crippen LogP contribution < -0.4 is 0 Å².